The fourth-order valence-corrected chi connectivity index (χ4v) is 3.21. The van der Waals surface area contributed by atoms with Crippen molar-refractivity contribution in [1.82, 2.24) is 5.32 Å². The minimum atomic E-state index is 0. The summed E-state index contributed by atoms with van der Waals surface area (Å²) < 4.78 is 0. The van der Waals surface area contributed by atoms with Crippen LogP contribution in [-0.2, 0) is 11.2 Å². The van der Waals surface area contributed by atoms with Gasteiger partial charge in [0.1, 0.15) is 0 Å². The van der Waals surface area contributed by atoms with Crippen molar-refractivity contribution < 1.29 is 4.79 Å². The highest BCUT2D eigenvalue weighted by Crippen LogP contribution is 2.26. The fourth-order valence-electron chi connectivity index (χ4n) is 3.00. The van der Waals surface area contributed by atoms with E-state index in [-0.39, 0.29) is 24.4 Å². The van der Waals surface area contributed by atoms with Gasteiger partial charge in [0.25, 0.3) is 0 Å². The van der Waals surface area contributed by atoms with E-state index >= 15 is 0 Å². The van der Waals surface area contributed by atoms with Crippen LogP contribution in [0.1, 0.15) is 37.7 Å². The summed E-state index contributed by atoms with van der Waals surface area (Å²) in [6.07, 6.45) is 6.54. The van der Waals surface area contributed by atoms with Gasteiger partial charge in [-0.2, -0.15) is 0 Å². The van der Waals surface area contributed by atoms with Crippen molar-refractivity contribution >= 4 is 29.9 Å². The standard InChI is InChI=1S/C16H23ClN2O.ClH/c17-14-8-4-5-12(9-14)10-16(20)19-15(11-18)13-6-2-1-3-7-13;/h4-5,8-9,13,15H,1-3,6-7,10-11,18H2,(H,19,20);1H. The van der Waals surface area contributed by atoms with E-state index in [0.29, 0.717) is 23.9 Å². The number of halogens is 2. The van der Waals surface area contributed by atoms with E-state index in [1.54, 1.807) is 0 Å². The normalized spacial score (nSPS) is 16.9. The Hall–Kier alpha value is -0.770. The van der Waals surface area contributed by atoms with Gasteiger partial charge < -0.3 is 11.1 Å². The van der Waals surface area contributed by atoms with Crippen LogP contribution in [0.15, 0.2) is 24.3 Å². The molecule has 1 fully saturated rings. The highest BCUT2D eigenvalue weighted by Gasteiger charge is 2.23. The summed E-state index contributed by atoms with van der Waals surface area (Å²) in [5.74, 6) is 0.574. The Labute approximate surface area is 138 Å². The number of carbonyl (C=O) groups is 1. The van der Waals surface area contributed by atoms with E-state index in [1.165, 1.54) is 32.1 Å². The Balaban J connectivity index is 0.00000220. The highest BCUT2D eigenvalue weighted by atomic mass is 35.5. The molecule has 3 N–H and O–H groups in total. The molecule has 5 heteroatoms. The highest BCUT2D eigenvalue weighted by molar-refractivity contribution is 6.30. The van der Waals surface area contributed by atoms with Crippen molar-refractivity contribution in [2.45, 2.75) is 44.6 Å². The van der Waals surface area contributed by atoms with E-state index in [1.807, 2.05) is 24.3 Å². The average Bonchev–Trinajstić information content (AvgIpc) is 2.45. The molecule has 0 aromatic heterocycles. The molecule has 0 bridgehead atoms. The maximum atomic E-state index is 12.1. The first-order valence-corrected chi connectivity index (χ1v) is 7.80. The zero-order chi connectivity index (χ0) is 14.4. The van der Waals surface area contributed by atoms with Gasteiger partial charge in [-0.3, -0.25) is 4.79 Å². The molecule has 0 aliphatic heterocycles. The molecule has 0 radical (unpaired) electrons. The second-order valence-corrected chi connectivity index (χ2v) is 6.05. The lowest BCUT2D eigenvalue weighted by Gasteiger charge is -2.30. The van der Waals surface area contributed by atoms with Crippen LogP contribution in [0.25, 0.3) is 0 Å². The van der Waals surface area contributed by atoms with Crippen LogP contribution >= 0.6 is 24.0 Å². The number of nitrogens with one attached hydrogen (secondary N) is 1. The number of hydrogen-bond donors (Lipinski definition) is 2. The Bertz CT molecular complexity index is 448. The molecule has 0 heterocycles. The zero-order valence-electron chi connectivity index (χ0n) is 12.2. The average molecular weight is 331 g/mol. The van der Waals surface area contributed by atoms with Crippen LogP contribution in [0.4, 0.5) is 0 Å². The molecule has 1 amide bonds. The van der Waals surface area contributed by atoms with Crippen molar-refractivity contribution in [1.29, 1.82) is 0 Å². The molecule has 1 aliphatic carbocycles. The fraction of sp³-hybridized carbons (Fsp3) is 0.562. The first-order valence-electron chi connectivity index (χ1n) is 7.43. The molecule has 1 atom stereocenters. The summed E-state index contributed by atoms with van der Waals surface area (Å²) in [5.41, 5.74) is 6.77. The summed E-state index contributed by atoms with van der Waals surface area (Å²) in [6, 6.07) is 7.55. The molecule has 118 valence electrons. The summed E-state index contributed by atoms with van der Waals surface area (Å²) in [4.78, 5) is 12.1. The van der Waals surface area contributed by atoms with Crippen molar-refractivity contribution in [3.05, 3.63) is 34.9 Å². The van der Waals surface area contributed by atoms with E-state index in [2.05, 4.69) is 5.32 Å². The van der Waals surface area contributed by atoms with Crippen molar-refractivity contribution in [2.75, 3.05) is 6.54 Å². The van der Waals surface area contributed by atoms with Crippen LogP contribution in [0, 0.1) is 5.92 Å². The number of amides is 1. The Morgan fingerprint density at radius 1 is 1.33 bits per heavy atom. The van der Waals surface area contributed by atoms with Gasteiger partial charge in [-0.15, -0.1) is 12.4 Å². The van der Waals surface area contributed by atoms with Crippen molar-refractivity contribution in [2.24, 2.45) is 11.7 Å². The number of hydrogen-bond acceptors (Lipinski definition) is 2. The molecule has 1 aromatic carbocycles. The second-order valence-electron chi connectivity index (χ2n) is 5.61. The third-order valence-corrected chi connectivity index (χ3v) is 4.31. The number of benzene rings is 1. The largest absolute Gasteiger partial charge is 0.352 e. The molecule has 1 unspecified atom stereocenters. The van der Waals surface area contributed by atoms with Gasteiger partial charge in [0.15, 0.2) is 0 Å². The van der Waals surface area contributed by atoms with E-state index < -0.39 is 0 Å². The molecule has 0 saturated heterocycles. The lowest BCUT2D eigenvalue weighted by atomic mass is 9.84. The van der Waals surface area contributed by atoms with Gasteiger partial charge in [-0.1, -0.05) is 43.0 Å². The van der Waals surface area contributed by atoms with Crippen LogP contribution in [0.3, 0.4) is 0 Å². The topological polar surface area (TPSA) is 55.1 Å². The van der Waals surface area contributed by atoms with Crippen molar-refractivity contribution in [3.8, 4) is 0 Å². The molecular weight excluding hydrogens is 307 g/mol. The summed E-state index contributed by atoms with van der Waals surface area (Å²) >= 11 is 5.93. The minimum absolute atomic E-state index is 0. The number of rotatable bonds is 5. The maximum absolute atomic E-state index is 12.1. The van der Waals surface area contributed by atoms with Gasteiger partial charge in [0, 0.05) is 17.6 Å². The van der Waals surface area contributed by atoms with Crippen molar-refractivity contribution in [3.63, 3.8) is 0 Å². The quantitative estimate of drug-likeness (QED) is 0.869. The van der Waals surface area contributed by atoms with Crippen LogP contribution in [0.2, 0.25) is 5.02 Å². The Morgan fingerprint density at radius 2 is 2.05 bits per heavy atom. The molecular formula is C16H24Cl2N2O. The van der Waals surface area contributed by atoms with E-state index in [4.69, 9.17) is 17.3 Å². The van der Waals surface area contributed by atoms with Crippen LogP contribution in [-0.4, -0.2) is 18.5 Å². The Kier molecular flexibility index (Phi) is 8.09. The summed E-state index contributed by atoms with van der Waals surface area (Å²) in [5, 5.41) is 3.76. The minimum Gasteiger partial charge on any atom is -0.352 e. The lowest BCUT2D eigenvalue weighted by molar-refractivity contribution is -0.121. The number of nitrogens with two attached hydrogens (primary N) is 1. The van der Waals surface area contributed by atoms with E-state index in [0.717, 1.165) is 5.56 Å². The van der Waals surface area contributed by atoms with E-state index in [9.17, 15) is 4.79 Å². The SMILES string of the molecule is Cl.NCC(NC(=O)Cc1cccc(Cl)c1)C1CCCCC1. The lowest BCUT2D eigenvalue weighted by Crippen LogP contribution is -2.46. The molecule has 1 aliphatic rings. The summed E-state index contributed by atoms with van der Waals surface area (Å²) in [7, 11) is 0. The van der Waals surface area contributed by atoms with Crippen LogP contribution < -0.4 is 11.1 Å². The molecule has 1 saturated carbocycles. The van der Waals surface area contributed by atoms with Crippen LogP contribution in [0.5, 0.6) is 0 Å². The predicted octanol–water partition coefficient (Wildman–Crippen LogP) is 3.33. The molecule has 1 aromatic rings. The van der Waals surface area contributed by atoms with Gasteiger partial charge in [-0.05, 0) is 36.5 Å². The first-order chi connectivity index (χ1) is 9.69. The first kappa shape index (κ1) is 18.3. The number of carbonyl (C=O) groups excluding carboxylic acids is 1. The van der Waals surface area contributed by atoms with Gasteiger partial charge >= 0.3 is 0 Å². The monoisotopic (exact) mass is 330 g/mol. The Morgan fingerprint density at radius 3 is 2.67 bits per heavy atom. The third-order valence-electron chi connectivity index (χ3n) is 4.07. The van der Waals surface area contributed by atoms with Gasteiger partial charge in [0.2, 0.25) is 5.91 Å². The zero-order valence-corrected chi connectivity index (χ0v) is 13.8. The van der Waals surface area contributed by atoms with Gasteiger partial charge in [-0.25, -0.2) is 0 Å². The molecule has 0 spiro atoms. The molecule has 2 rings (SSSR count). The molecule has 3 nitrogen and oxygen atoms in total. The maximum Gasteiger partial charge on any atom is 0.224 e. The smallest absolute Gasteiger partial charge is 0.224 e. The predicted molar refractivity (Wildman–Crippen MR) is 90.0 cm³/mol. The third kappa shape index (κ3) is 5.85. The van der Waals surface area contributed by atoms with Gasteiger partial charge in [0.05, 0.1) is 6.42 Å². The summed E-state index contributed by atoms with van der Waals surface area (Å²) in [6.45, 7) is 0.520. The second kappa shape index (κ2) is 9.29. The molecule has 21 heavy (non-hydrogen) atoms.